The number of nitrogens with zero attached hydrogens (tertiary/aromatic N) is 2. The maximum Gasteiger partial charge on any atom is 0.237 e. The van der Waals surface area contributed by atoms with Crippen LogP contribution < -0.4 is 15.6 Å². The molecule has 1 fully saturated rings. The van der Waals surface area contributed by atoms with E-state index in [9.17, 15) is 9.59 Å². The molecule has 2 aromatic rings. The minimum atomic E-state index is -0.630. The van der Waals surface area contributed by atoms with Gasteiger partial charge < -0.3 is 24.7 Å². The topological polar surface area (TPSA) is 108 Å². The second-order valence-electron chi connectivity index (χ2n) is 10.6. The molecule has 0 unspecified atom stereocenters. The van der Waals surface area contributed by atoms with Gasteiger partial charge in [-0.25, -0.2) is 0 Å². The number of ether oxygens (including phenoxy) is 2. The summed E-state index contributed by atoms with van der Waals surface area (Å²) in [6.45, 7) is 7.30. The number of allylic oxidation sites excluding steroid dienone is 1. The first kappa shape index (κ1) is 28.8. The van der Waals surface area contributed by atoms with Crippen molar-refractivity contribution >= 4 is 34.1 Å². The summed E-state index contributed by atoms with van der Waals surface area (Å²) in [5, 5.41) is 8.46. The lowest BCUT2D eigenvalue weighted by Gasteiger charge is -2.28. The van der Waals surface area contributed by atoms with E-state index in [0.717, 1.165) is 47.4 Å². The predicted molar refractivity (Wildman–Crippen MR) is 155 cm³/mol. The Morgan fingerprint density at radius 3 is 2.51 bits per heavy atom. The largest absolute Gasteiger partial charge is 0.385 e. The first-order chi connectivity index (χ1) is 18.9. The summed E-state index contributed by atoms with van der Waals surface area (Å²) in [6, 6.07) is 4.93. The standard InChI is InChI=1S/C25H34N4O3.C5H9NO/c1-5-29-22-15-19-18-9-7-6-8-12-26-28-17(2)23(18)27-21(19)16-20(22)25(24(29)30,10-13-31-3)11-14-32-4;1-4(7)6-5-2-3-5/h8,12,15-16,26-27H,5-7,9-11,13-14H2,1-4H3;5H,2-3H2,1H3,(H,6,7)/b12-8+,28-17+;. The van der Waals surface area contributed by atoms with Crippen molar-refractivity contribution in [2.45, 2.75) is 77.2 Å². The fourth-order valence-electron chi connectivity index (χ4n) is 5.66. The predicted octanol–water partition coefficient (Wildman–Crippen LogP) is 4.29. The Bertz CT molecular complexity index is 1240. The van der Waals surface area contributed by atoms with Crippen molar-refractivity contribution in [2.75, 3.05) is 38.9 Å². The van der Waals surface area contributed by atoms with E-state index in [-0.39, 0.29) is 11.8 Å². The number of hydrogen-bond acceptors (Lipinski definition) is 6. The Balaban J connectivity index is 0.000000438. The number of rotatable bonds is 8. The number of aromatic nitrogens is 1. The zero-order valence-corrected chi connectivity index (χ0v) is 24.0. The molecule has 3 aliphatic rings. The number of methoxy groups -OCH3 is 2. The van der Waals surface area contributed by atoms with E-state index in [1.54, 1.807) is 21.1 Å². The summed E-state index contributed by atoms with van der Waals surface area (Å²) in [7, 11) is 3.37. The lowest BCUT2D eigenvalue weighted by molar-refractivity contribution is -0.124. The molecule has 1 aliphatic carbocycles. The Morgan fingerprint density at radius 2 is 1.92 bits per heavy atom. The number of aromatic amines is 1. The summed E-state index contributed by atoms with van der Waals surface area (Å²) in [4.78, 5) is 29.5. The molecule has 39 heavy (non-hydrogen) atoms. The van der Waals surface area contributed by atoms with Gasteiger partial charge in [0.05, 0.1) is 16.8 Å². The smallest absolute Gasteiger partial charge is 0.237 e. The number of anilines is 1. The van der Waals surface area contributed by atoms with Crippen molar-refractivity contribution < 1.29 is 19.1 Å². The van der Waals surface area contributed by atoms with Crippen LogP contribution in [0.1, 0.15) is 76.1 Å². The quantitative estimate of drug-likeness (QED) is 0.466. The SMILES string of the molecule is CC(=O)NC1CC1.CCN1C(=O)C(CCOC)(CCOC)c2cc3[nH]c4c(c3cc21)CCC/C=C/N/N=C/4C. The van der Waals surface area contributed by atoms with Crippen LogP contribution in [0, 0.1) is 0 Å². The number of likely N-dealkylation sites (N-methyl/N-ethyl adjacent to an activating group) is 1. The summed E-state index contributed by atoms with van der Waals surface area (Å²) in [5.41, 5.74) is 8.81. The van der Waals surface area contributed by atoms with Gasteiger partial charge in [0.2, 0.25) is 11.8 Å². The maximum atomic E-state index is 13.7. The molecule has 0 spiro atoms. The summed E-state index contributed by atoms with van der Waals surface area (Å²) in [6.07, 6.45) is 10.7. The van der Waals surface area contributed by atoms with Gasteiger partial charge in [-0.05, 0) is 82.1 Å². The molecule has 1 aromatic heterocycles. The summed E-state index contributed by atoms with van der Waals surface area (Å²) >= 11 is 0. The molecular formula is C30H43N5O4. The highest BCUT2D eigenvalue weighted by Gasteiger charge is 2.50. The Morgan fingerprint density at radius 1 is 1.21 bits per heavy atom. The number of fused-ring (bicyclic) bond motifs is 4. The molecule has 2 amide bonds. The van der Waals surface area contributed by atoms with Crippen LogP contribution in [0.5, 0.6) is 0 Å². The molecular weight excluding hydrogens is 494 g/mol. The van der Waals surface area contributed by atoms with Crippen LogP contribution >= 0.6 is 0 Å². The lowest BCUT2D eigenvalue weighted by Crippen LogP contribution is -2.42. The molecule has 9 nitrogen and oxygen atoms in total. The average molecular weight is 538 g/mol. The van der Waals surface area contributed by atoms with Gasteiger partial charge in [0, 0.05) is 69.7 Å². The van der Waals surface area contributed by atoms with Crippen LogP contribution in [-0.4, -0.2) is 62.5 Å². The monoisotopic (exact) mass is 537 g/mol. The van der Waals surface area contributed by atoms with Gasteiger partial charge in [-0.2, -0.15) is 5.10 Å². The summed E-state index contributed by atoms with van der Waals surface area (Å²) in [5.74, 6) is 0.252. The van der Waals surface area contributed by atoms with Crippen molar-refractivity contribution in [3.8, 4) is 0 Å². The molecule has 0 radical (unpaired) electrons. The highest BCUT2D eigenvalue weighted by Crippen LogP contribution is 2.48. The second-order valence-corrected chi connectivity index (χ2v) is 10.6. The van der Waals surface area contributed by atoms with Gasteiger partial charge >= 0.3 is 0 Å². The van der Waals surface area contributed by atoms with E-state index >= 15 is 0 Å². The van der Waals surface area contributed by atoms with Crippen molar-refractivity contribution in [3.63, 3.8) is 0 Å². The number of aryl methyl sites for hydroxylation is 1. The number of hydrazone groups is 1. The normalized spacial score (nSPS) is 20.2. The molecule has 1 saturated carbocycles. The van der Waals surface area contributed by atoms with E-state index in [1.165, 1.54) is 23.8 Å². The molecule has 212 valence electrons. The van der Waals surface area contributed by atoms with E-state index in [1.807, 2.05) is 24.9 Å². The average Bonchev–Trinajstić information content (AvgIpc) is 3.61. The molecule has 9 heteroatoms. The van der Waals surface area contributed by atoms with Crippen molar-refractivity contribution in [1.82, 2.24) is 15.7 Å². The van der Waals surface area contributed by atoms with E-state index in [0.29, 0.717) is 38.6 Å². The van der Waals surface area contributed by atoms with Gasteiger partial charge in [0.15, 0.2) is 0 Å². The summed E-state index contributed by atoms with van der Waals surface area (Å²) < 4.78 is 10.8. The minimum absolute atomic E-state index is 0.0995. The lowest BCUT2D eigenvalue weighted by atomic mass is 9.76. The zero-order chi connectivity index (χ0) is 28.0. The van der Waals surface area contributed by atoms with Crippen LogP contribution in [-0.2, 0) is 30.9 Å². The van der Waals surface area contributed by atoms with Gasteiger partial charge in [-0.1, -0.05) is 6.08 Å². The molecule has 0 saturated heterocycles. The molecule has 1 aromatic carbocycles. The van der Waals surface area contributed by atoms with Crippen molar-refractivity contribution in [3.05, 3.63) is 41.2 Å². The van der Waals surface area contributed by atoms with Crippen molar-refractivity contribution in [2.24, 2.45) is 5.10 Å². The maximum absolute atomic E-state index is 13.7. The number of carbonyl (C=O) groups excluding carboxylic acids is 2. The molecule has 2 aliphatic heterocycles. The number of amides is 2. The fraction of sp³-hybridized carbons (Fsp3) is 0.567. The first-order valence-electron chi connectivity index (χ1n) is 14.1. The van der Waals surface area contributed by atoms with E-state index in [4.69, 9.17) is 9.47 Å². The Hall–Kier alpha value is -3.17. The van der Waals surface area contributed by atoms with Crippen molar-refractivity contribution in [1.29, 1.82) is 0 Å². The van der Waals surface area contributed by atoms with Gasteiger partial charge in [-0.15, -0.1) is 0 Å². The Labute approximate surface area is 231 Å². The number of nitrogens with one attached hydrogen (secondary N) is 3. The third kappa shape index (κ3) is 6.20. The van der Waals surface area contributed by atoms with E-state index < -0.39 is 5.41 Å². The molecule has 3 N–H and O–H groups in total. The van der Waals surface area contributed by atoms with Crippen LogP contribution in [0.3, 0.4) is 0 Å². The van der Waals surface area contributed by atoms with Gasteiger partial charge in [0.1, 0.15) is 0 Å². The third-order valence-electron chi connectivity index (χ3n) is 7.83. The van der Waals surface area contributed by atoms with Gasteiger partial charge in [0.25, 0.3) is 0 Å². The Kier molecular flexibility index (Phi) is 9.45. The molecule has 5 rings (SSSR count). The van der Waals surface area contributed by atoms with Crippen LogP contribution in [0.15, 0.2) is 29.5 Å². The van der Waals surface area contributed by atoms with Crippen LogP contribution in [0.2, 0.25) is 0 Å². The van der Waals surface area contributed by atoms with Crippen LogP contribution in [0.25, 0.3) is 10.9 Å². The molecule has 0 bridgehead atoms. The highest BCUT2D eigenvalue weighted by atomic mass is 16.5. The molecule has 0 atom stereocenters. The fourth-order valence-corrected chi connectivity index (χ4v) is 5.66. The second kappa shape index (κ2) is 12.8. The third-order valence-corrected chi connectivity index (χ3v) is 7.83. The van der Waals surface area contributed by atoms with Gasteiger partial charge in [-0.3, -0.25) is 15.0 Å². The number of benzene rings is 1. The van der Waals surface area contributed by atoms with Crippen LogP contribution in [0.4, 0.5) is 5.69 Å². The first-order valence-corrected chi connectivity index (χ1v) is 14.1. The number of carbonyl (C=O) groups is 2. The minimum Gasteiger partial charge on any atom is -0.385 e. The number of H-pyrrole nitrogens is 1. The number of hydrogen-bond donors (Lipinski definition) is 3. The molecule has 3 heterocycles. The highest BCUT2D eigenvalue weighted by molar-refractivity contribution is 6.12. The van der Waals surface area contributed by atoms with E-state index in [2.05, 4.69) is 39.0 Å². The zero-order valence-electron chi connectivity index (χ0n) is 24.0.